The molecule has 0 radical (unpaired) electrons. The maximum Gasteiger partial charge on any atom is 0.239 e. The number of amides is 2. The molecule has 3 rings (SSSR count). The number of piperazine rings is 1. The van der Waals surface area contributed by atoms with Crippen LogP contribution in [0.15, 0.2) is 18.5 Å². The van der Waals surface area contributed by atoms with Gasteiger partial charge in [-0.25, -0.2) is 9.97 Å². The van der Waals surface area contributed by atoms with E-state index in [0.29, 0.717) is 19.6 Å². The van der Waals surface area contributed by atoms with Crippen LogP contribution in [0.3, 0.4) is 0 Å². The molecule has 0 aromatic carbocycles. The number of hydrogen-bond donors (Lipinski definition) is 1. The number of piperidine rings is 1. The van der Waals surface area contributed by atoms with Crippen molar-refractivity contribution in [2.24, 2.45) is 5.92 Å². The third kappa shape index (κ3) is 6.63. The molecule has 2 fully saturated rings. The van der Waals surface area contributed by atoms with Gasteiger partial charge >= 0.3 is 0 Å². The number of likely N-dealkylation sites (tertiary alicyclic amines) is 1. The van der Waals surface area contributed by atoms with Crippen molar-refractivity contribution in [2.45, 2.75) is 58.4 Å². The lowest BCUT2D eigenvalue weighted by molar-refractivity contribution is -0.139. The predicted octanol–water partition coefficient (Wildman–Crippen LogP) is 1.92. The molecule has 2 atom stereocenters. The third-order valence-electron chi connectivity index (χ3n) is 6.48. The minimum Gasteiger partial charge on any atom is -0.356 e. The quantitative estimate of drug-likeness (QED) is 0.603. The van der Waals surface area contributed by atoms with Gasteiger partial charge in [-0.3, -0.25) is 14.5 Å². The van der Waals surface area contributed by atoms with Crippen molar-refractivity contribution in [2.75, 3.05) is 50.7 Å². The number of unbranched alkanes of at least 4 members (excludes halogenated alkanes) is 3. The second kappa shape index (κ2) is 12.0. The van der Waals surface area contributed by atoms with Crippen LogP contribution in [0.25, 0.3) is 0 Å². The largest absolute Gasteiger partial charge is 0.356 e. The monoisotopic (exact) mass is 430 g/mol. The Hall–Kier alpha value is -2.22. The number of anilines is 1. The number of nitrogens with one attached hydrogen (secondary N) is 1. The van der Waals surface area contributed by atoms with Crippen molar-refractivity contribution in [3.63, 3.8) is 0 Å². The number of nitrogens with zero attached hydrogens (tertiary/aromatic N) is 5. The van der Waals surface area contributed by atoms with Crippen LogP contribution >= 0.6 is 0 Å². The number of aromatic nitrogens is 2. The fourth-order valence-electron chi connectivity index (χ4n) is 4.48. The minimum atomic E-state index is -0.195. The number of hydrogen-bond acceptors (Lipinski definition) is 6. The van der Waals surface area contributed by atoms with Crippen LogP contribution in [0.1, 0.15) is 52.4 Å². The Labute approximate surface area is 186 Å². The van der Waals surface area contributed by atoms with Crippen molar-refractivity contribution < 1.29 is 9.59 Å². The van der Waals surface area contributed by atoms with Gasteiger partial charge in [-0.1, -0.05) is 26.2 Å². The summed E-state index contributed by atoms with van der Waals surface area (Å²) in [6.07, 6.45) is 10.0. The zero-order valence-corrected chi connectivity index (χ0v) is 19.1. The highest BCUT2D eigenvalue weighted by Gasteiger charge is 2.33. The zero-order chi connectivity index (χ0) is 22.1. The Morgan fingerprint density at radius 3 is 2.55 bits per heavy atom. The summed E-state index contributed by atoms with van der Waals surface area (Å²) >= 11 is 0. The van der Waals surface area contributed by atoms with Gasteiger partial charge in [-0.05, 0) is 38.8 Å². The molecular weight excluding hydrogens is 392 g/mol. The van der Waals surface area contributed by atoms with Gasteiger partial charge < -0.3 is 15.1 Å². The first-order valence-electron chi connectivity index (χ1n) is 11.9. The highest BCUT2D eigenvalue weighted by molar-refractivity contribution is 5.82. The van der Waals surface area contributed by atoms with E-state index in [-0.39, 0.29) is 23.8 Å². The molecule has 2 aliphatic heterocycles. The number of carbonyl (C=O) groups is 2. The highest BCUT2D eigenvalue weighted by Crippen LogP contribution is 2.20. The summed E-state index contributed by atoms with van der Waals surface area (Å²) in [6.45, 7) is 9.33. The van der Waals surface area contributed by atoms with Gasteiger partial charge in [0.2, 0.25) is 17.8 Å². The molecule has 1 aromatic heterocycles. The molecule has 0 aliphatic carbocycles. The molecule has 0 bridgehead atoms. The topological polar surface area (TPSA) is 81.7 Å². The minimum absolute atomic E-state index is 0.0118. The molecule has 1 aromatic rings. The molecule has 2 unspecified atom stereocenters. The Morgan fingerprint density at radius 1 is 1.10 bits per heavy atom. The maximum absolute atomic E-state index is 13.1. The van der Waals surface area contributed by atoms with E-state index in [0.717, 1.165) is 51.4 Å². The first-order chi connectivity index (χ1) is 15.1. The van der Waals surface area contributed by atoms with Crippen LogP contribution in [0, 0.1) is 5.92 Å². The SMILES string of the molecule is CCCCCCNC(=O)C1CCCN(C(C)C(=O)N2CCN(c3ncccn3)CC2)C1. The van der Waals surface area contributed by atoms with Crippen LogP contribution < -0.4 is 10.2 Å². The van der Waals surface area contributed by atoms with Gasteiger partial charge in [0.25, 0.3) is 0 Å². The molecule has 31 heavy (non-hydrogen) atoms. The average molecular weight is 431 g/mol. The molecule has 0 spiro atoms. The van der Waals surface area contributed by atoms with Crippen molar-refractivity contribution >= 4 is 17.8 Å². The predicted molar refractivity (Wildman–Crippen MR) is 122 cm³/mol. The van der Waals surface area contributed by atoms with Crippen LogP contribution in [-0.4, -0.2) is 83.4 Å². The molecule has 2 aliphatic rings. The van der Waals surface area contributed by atoms with Crippen LogP contribution in [0.2, 0.25) is 0 Å². The molecule has 2 saturated heterocycles. The molecule has 8 heteroatoms. The number of carbonyl (C=O) groups excluding carboxylic acids is 2. The third-order valence-corrected chi connectivity index (χ3v) is 6.48. The Kier molecular flexibility index (Phi) is 9.06. The highest BCUT2D eigenvalue weighted by atomic mass is 16.2. The van der Waals surface area contributed by atoms with Gasteiger partial charge in [0, 0.05) is 51.7 Å². The molecule has 0 saturated carbocycles. The fraction of sp³-hybridized carbons (Fsp3) is 0.739. The second-order valence-electron chi connectivity index (χ2n) is 8.72. The smallest absolute Gasteiger partial charge is 0.239 e. The summed E-state index contributed by atoms with van der Waals surface area (Å²) < 4.78 is 0. The second-order valence-corrected chi connectivity index (χ2v) is 8.72. The average Bonchev–Trinajstić information content (AvgIpc) is 2.83. The first kappa shape index (κ1) is 23.4. The fourth-order valence-corrected chi connectivity index (χ4v) is 4.48. The van der Waals surface area contributed by atoms with E-state index in [9.17, 15) is 9.59 Å². The summed E-state index contributed by atoms with van der Waals surface area (Å²) in [5.41, 5.74) is 0. The lowest BCUT2D eigenvalue weighted by Gasteiger charge is -2.40. The molecule has 172 valence electrons. The van der Waals surface area contributed by atoms with Crippen molar-refractivity contribution in [3.8, 4) is 0 Å². The zero-order valence-electron chi connectivity index (χ0n) is 19.1. The first-order valence-corrected chi connectivity index (χ1v) is 11.9. The molecule has 3 heterocycles. The van der Waals surface area contributed by atoms with Crippen LogP contribution in [-0.2, 0) is 9.59 Å². The number of rotatable bonds is 9. The van der Waals surface area contributed by atoms with Gasteiger partial charge in [0.05, 0.1) is 12.0 Å². The standard InChI is InChI=1S/C23H38N6O2/c1-3-4-5-6-10-24-21(30)20-9-7-13-29(18-20)19(2)22(31)27-14-16-28(17-15-27)23-25-11-8-12-26-23/h8,11-12,19-20H,3-7,9-10,13-18H2,1-2H3,(H,24,30). The van der Waals surface area contributed by atoms with Crippen molar-refractivity contribution in [1.82, 2.24) is 25.1 Å². The van der Waals surface area contributed by atoms with E-state index in [1.165, 1.54) is 19.3 Å². The van der Waals surface area contributed by atoms with E-state index in [1.54, 1.807) is 12.4 Å². The lowest BCUT2D eigenvalue weighted by Crippen LogP contribution is -2.56. The normalized spacial score (nSPS) is 21.0. The van der Waals surface area contributed by atoms with Crippen molar-refractivity contribution in [1.29, 1.82) is 0 Å². The summed E-state index contributed by atoms with van der Waals surface area (Å²) in [5, 5.41) is 3.11. The summed E-state index contributed by atoms with van der Waals surface area (Å²) in [4.78, 5) is 40.6. The lowest BCUT2D eigenvalue weighted by atomic mass is 9.95. The summed E-state index contributed by atoms with van der Waals surface area (Å²) in [5.74, 6) is 1.02. The van der Waals surface area contributed by atoms with Crippen LogP contribution in [0.5, 0.6) is 0 Å². The van der Waals surface area contributed by atoms with Gasteiger partial charge in [-0.2, -0.15) is 0 Å². The summed E-state index contributed by atoms with van der Waals surface area (Å²) in [6, 6.07) is 1.61. The van der Waals surface area contributed by atoms with E-state index < -0.39 is 0 Å². The van der Waals surface area contributed by atoms with Crippen molar-refractivity contribution in [3.05, 3.63) is 18.5 Å². The van der Waals surface area contributed by atoms with Gasteiger partial charge in [0.1, 0.15) is 0 Å². The van der Waals surface area contributed by atoms with Gasteiger partial charge in [-0.15, -0.1) is 0 Å². The Balaban J connectivity index is 1.44. The van der Waals surface area contributed by atoms with E-state index in [2.05, 4.69) is 32.0 Å². The molecule has 1 N–H and O–H groups in total. The van der Waals surface area contributed by atoms with Gasteiger partial charge in [0.15, 0.2) is 0 Å². The Morgan fingerprint density at radius 2 is 1.84 bits per heavy atom. The molecule has 2 amide bonds. The maximum atomic E-state index is 13.1. The van der Waals surface area contributed by atoms with E-state index >= 15 is 0 Å². The van der Waals surface area contributed by atoms with E-state index in [4.69, 9.17) is 0 Å². The summed E-state index contributed by atoms with van der Waals surface area (Å²) in [7, 11) is 0. The van der Waals surface area contributed by atoms with E-state index in [1.807, 2.05) is 17.9 Å². The molecule has 8 nitrogen and oxygen atoms in total. The van der Waals surface area contributed by atoms with Crippen LogP contribution in [0.4, 0.5) is 5.95 Å². The molecular formula is C23H38N6O2. The Bertz CT molecular complexity index is 693.